The predicted molar refractivity (Wildman–Crippen MR) is 108 cm³/mol. The largest absolute Gasteiger partial charge is 0.460 e. The maximum atomic E-state index is 13.4. The molecule has 1 saturated heterocycles. The molecule has 0 N–H and O–H groups in total. The van der Waals surface area contributed by atoms with Gasteiger partial charge < -0.3 is 9.64 Å². The van der Waals surface area contributed by atoms with Crippen molar-refractivity contribution in [3.8, 4) is 0 Å². The molecule has 1 fully saturated rings. The number of amides is 1. The van der Waals surface area contributed by atoms with Crippen molar-refractivity contribution in [3.05, 3.63) is 35.9 Å². The van der Waals surface area contributed by atoms with Gasteiger partial charge in [0.1, 0.15) is 5.60 Å². The highest BCUT2D eigenvalue weighted by Gasteiger charge is 2.53. The number of benzene rings is 1. The lowest BCUT2D eigenvalue weighted by atomic mass is 9.69. The zero-order valence-electron chi connectivity index (χ0n) is 17.7. The topological polar surface area (TPSA) is 46.6 Å². The van der Waals surface area contributed by atoms with E-state index in [0.717, 1.165) is 12.8 Å². The van der Waals surface area contributed by atoms with Gasteiger partial charge in [-0.2, -0.15) is 0 Å². The summed E-state index contributed by atoms with van der Waals surface area (Å²) < 4.78 is 5.62. The Kier molecular flexibility index (Phi) is 6.72. The molecule has 0 aliphatic carbocycles. The number of hydrogen-bond acceptors (Lipinski definition) is 3. The van der Waals surface area contributed by atoms with Gasteiger partial charge in [0.2, 0.25) is 5.91 Å². The van der Waals surface area contributed by atoms with Crippen molar-refractivity contribution < 1.29 is 14.3 Å². The SMILES string of the molecule is CC(C)CC1(C(C)C(=O)OC(C)(C)C)CCN(CCc2ccccc2)C1=O. The molecule has 4 nitrogen and oxygen atoms in total. The standard InChI is InChI=1S/C23H35NO3/c1-17(2)16-23(18(3)20(25)27-22(4,5)6)13-15-24(21(23)26)14-12-19-10-8-7-9-11-19/h7-11,17-18H,12-16H2,1-6H3. The molecule has 0 saturated carbocycles. The lowest BCUT2D eigenvalue weighted by molar-refractivity contribution is -0.168. The van der Waals surface area contributed by atoms with Crippen LogP contribution >= 0.6 is 0 Å². The fraction of sp³-hybridized carbons (Fsp3) is 0.652. The van der Waals surface area contributed by atoms with Gasteiger partial charge in [-0.15, -0.1) is 0 Å². The van der Waals surface area contributed by atoms with E-state index in [1.807, 2.05) is 50.8 Å². The summed E-state index contributed by atoms with van der Waals surface area (Å²) in [6, 6.07) is 10.2. The first-order valence-electron chi connectivity index (χ1n) is 10.1. The maximum Gasteiger partial charge on any atom is 0.310 e. The zero-order chi connectivity index (χ0) is 20.2. The van der Waals surface area contributed by atoms with Gasteiger partial charge in [-0.05, 0) is 51.5 Å². The Morgan fingerprint density at radius 3 is 2.37 bits per heavy atom. The van der Waals surface area contributed by atoms with Gasteiger partial charge >= 0.3 is 5.97 Å². The Hall–Kier alpha value is -1.84. The molecule has 1 aromatic rings. The van der Waals surface area contributed by atoms with Crippen molar-refractivity contribution >= 4 is 11.9 Å². The molecule has 2 unspecified atom stereocenters. The van der Waals surface area contributed by atoms with E-state index in [1.54, 1.807) is 0 Å². The predicted octanol–water partition coefficient (Wildman–Crippen LogP) is 4.47. The normalized spacial score (nSPS) is 21.6. The van der Waals surface area contributed by atoms with Gasteiger partial charge in [-0.3, -0.25) is 9.59 Å². The number of carbonyl (C=O) groups excluding carboxylic acids is 2. The minimum absolute atomic E-state index is 0.116. The summed E-state index contributed by atoms with van der Waals surface area (Å²) in [6.07, 6.45) is 2.28. The van der Waals surface area contributed by atoms with E-state index < -0.39 is 16.9 Å². The van der Waals surface area contributed by atoms with Crippen LogP contribution in [-0.4, -0.2) is 35.5 Å². The van der Waals surface area contributed by atoms with Crippen LogP contribution < -0.4 is 0 Å². The molecule has 150 valence electrons. The van der Waals surface area contributed by atoms with Crippen LogP contribution in [0.4, 0.5) is 0 Å². The third kappa shape index (κ3) is 5.33. The molecular formula is C23H35NO3. The van der Waals surface area contributed by atoms with Crippen LogP contribution in [-0.2, 0) is 20.7 Å². The summed E-state index contributed by atoms with van der Waals surface area (Å²) in [7, 11) is 0. The Labute approximate surface area is 164 Å². The lowest BCUT2D eigenvalue weighted by Gasteiger charge is -2.35. The number of nitrogens with zero attached hydrogens (tertiary/aromatic N) is 1. The highest BCUT2D eigenvalue weighted by atomic mass is 16.6. The van der Waals surface area contributed by atoms with E-state index in [-0.39, 0.29) is 11.9 Å². The minimum atomic E-state index is -0.646. The van der Waals surface area contributed by atoms with Crippen molar-refractivity contribution in [2.45, 2.75) is 66.4 Å². The Morgan fingerprint density at radius 2 is 1.81 bits per heavy atom. The van der Waals surface area contributed by atoms with Crippen LogP contribution in [0.2, 0.25) is 0 Å². The van der Waals surface area contributed by atoms with Crippen molar-refractivity contribution in [1.82, 2.24) is 4.90 Å². The maximum absolute atomic E-state index is 13.4. The van der Waals surface area contributed by atoms with Gasteiger partial charge in [0.25, 0.3) is 0 Å². The number of carbonyl (C=O) groups is 2. The van der Waals surface area contributed by atoms with Gasteiger partial charge in [0.15, 0.2) is 0 Å². The number of esters is 1. The smallest absolute Gasteiger partial charge is 0.310 e. The Balaban J connectivity index is 2.15. The van der Waals surface area contributed by atoms with E-state index in [1.165, 1.54) is 5.56 Å². The molecular weight excluding hydrogens is 338 g/mol. The minimum Gasteiger partial charge on any atom is -0.460 e. The molecule has 1 aliphatic heterocycles. The molecule has 2 rings (SSSR count). The van der Waals surface area contributed by atoms with Crippen LogP contribution in [0.1, 0.15) is 59.9 Å². The van der Waals surface area contributed by atoms with E-state index in [0.29, 0.717) is 25.4 Å². The first-order chi connectivity index (χ1) is 12.5. The second-order valence-corrected chi connectivity index (χ2v) is 9.29. The molecule has 0 radical (unpaired) electrons. The van der Waals surface area contributed by atoms with E-state index in [9.17, 15) is 9.59 Å². The number of ether oxygens (including phenoxy) is 1. The summed E-state index contributed by atoms with van der Waals surface area (Å²) in [5, 5.41) is 0. The van der Waals surface area contributed by atoms with E-state index >= 15 is 0 Å². The third-order valence-electron chi connectivity index (χ3n) is 5.42. The van der Waals surface area contributed by atoms with Crippen LogP contribution in [0.15, 0.2) is 30.3 Å². The summed E-state index contributed by atoms with van der Waals surface area (Å²) in [5.41, 5.74) is 0.0403. The molecule has 1 aromatic carbocycles. The first kappa shape index (κ1) is 21.5. The van der Waals surface area contributed by atoms with Gasteiger partial charge in [-0.1, -0.05) is 51.1 Å². The molecule has 1 heterocycles. The number of likely N-dealkylation sites (tertiary alicyclic amines) is 1. The fourth-order valence-corrected chi connectivity index (χ4v) is 4.09. The Bertz CT molecular complexity index is 647. The van der Waals surface area contributed by atoms with Crippen LogP contribution in [0.25, 0.3) is 0 Å². The lowest BCUT2D eigenvalue weighted by Crippen LogP contribution is -2.45. The average molecular weight is 374 g/mol. The molecule has 1 amide bonds. The molecule has 0 bridgehead atoms. The zero-order valence-corrected chi connectivity index (χ0v) is 17.7. The van der Waals surface area contributed by atoms with Gasteiger partial charge in [-0.25, -0.2) is 0 Å². The summed E-state index contributed by atoms with van der Waals surface area (Å²) >= 11 is 0. The van der Waals surface area contributed by atoms with Crippen molar-refractivity contribution in [1.29, 1.82) is 0 Å². The van der Waals surface area contributed by atoms with Crippen molar-refractivity contribution in [2.75, 3.05) is 13.1 Å². The van der Waals surface area contributed by atoms with Crippen LogP contribution in [0.5, 0.6) is 0 Å². The number of rotatable bonds is 7. The second-order valence-electron chi connectivity index (χ2n) is 9.29. The van der Waals surface area contributed by atoms with Crippen LogP contribution in [0.3, 0.4) is 0 Å². The van der Waals surface area contributed by atoms with Crippen molar-refractivity contribution in [2.24, 2.45) is 17.3 Å². The number of hydrogen-bond donors (Lipinski definition) is 0. The first-order valence-corrected chi connectivity index (χ1v) is 10.1. The van der Waals surface area contributed by atoms with E-state index in [2.05, 4.69) is 26.0 Å². The Morgan fingerprint density at radius 1 is 1.19 bits per heavy atom. The van der Waals surface area contributed by atoms with Crippen LogP contribution in [0, 0.1) is 17.3 Å². The average Bonchev–Trinajstić information content (AvgIpc) is 2.88. The molecule has 2 atom stereocenters. The molecule has 0 aromatic heterocycles. The summed E-state index contributed by atoms with van der Waals surface area (Å²) in [4.78, 5) is 28.1. The fourth-order valence-electron chi connectivity index (χ4n) is 4.09. The van der Waals surface area contributed by atoms with Gasteiger partial charge in [0.05, 0.1) is 11.3 Å². The van der Waals surface area contributed by atoms with E-state index in [4.69, 9.17) is 4.74 Å². The third-order valence-corrected chi connectivity index (χ3v) is 5.42. The molecule has 1 aliphatic rings. The summed E-state index contributed by atoms with van der Waals surface area (Å²) in [6.45, 7) is 13.1. The van der Waals surface area contributed by atoms with Gasteiger partial charge in [0, 0.05) is 13.1 Å². The highest BCUT2D eigenvalue weighted by molar-refractivity contribution is 5.90. The molecule has 0 spiro atoms. The molecule has 27 heavy (non-hydrogen) atoms. The monoisotopic (exact) mass is 373 g/mol. The highest BCUT2D eigenvalue weighted by Crippen LogP contribution is 2.45. The second kappa shape index (κ2) is 8.45. The quantitative estimate of drug-likeness (QED) is 0.663. The molecule has 4 heteroatoms. The summed E-state index contributed by atoms with van der Waals surface area (Å²) in [5.74, 6) is -0.242. The van der Waals surface area contributed by atoms with Crippen molar-refractivity contribution in [3.63, 3.8) is 0 Å².